The normalized spacial score (nSPS) is 16.2. The molecule has 1 heterocycles. The van der Waals surface area contributed by atoms with E-state index in [9.17, 15) is 9.90 Å². The van der Waals surface area contributed by atoms with Crippen LogP contribution in [0.15, 0.2) is 42.5 Å². The highest BCUT2D eigenvalue weighted by Crippen LogP contribution is 2.37. The van der Waals surface area contributed by atoms with E-state index in [0.29, 0.717) is 11.5 Å². The quantitative estimate of drug-likeness (QED) is 0.747. The minimum Gasteiger partial charge on any atom is -0.502 e. The van der Waals surface area contributed by atoms with Crippen LogP contribution in [0.25, 0.3) is 0 Å². The smallest absolute Gasteiger partial charge is 0.223 e. The van der Waals surface area contributed by atoms with Crippen molar-refractivity contribution in [1.29, 1.82) is 0 Å². The molecule has 0 radical (unpaired) electrons. The van der Waals surface area contributed by atoms with E-state index in [1.165, 1.54) is 14.2 Å². The summed E-state index contributed by atoms with van der Waals surface area (Å²) in [4.78, 5) is 15.0. The van der Waals surface area contributed by atoms with Gasteiger partial charge in [-0.05, 0) is 56.1 Å². The van der Waals surface area contributed by atoms with Gasteiger partial charge >= 0.3 is 0 Å². The third kappa shape index (κ3) is 5.21. The van der Waals surface area contributed by atoms with E-state index < -0.39 is 0 Å². The number of rotatable bonds is 7. The van der Waals surface area contributed by atoms with Crippen molar-refractivity contribution in [2.24, 2.45) is 5.92 Å². The van der Waals surface area contributed by atoms with E-state index in [4.69, 9.17) is 9.47 Å². The third-order valence-electron chi connectivity index (χ3n) is 5.56. The molecule has 1 aliphatic heterocycles. The number of hydrogen-bond donors (Lipinski definition) is 2. The van der Waals surface area contributed by atoms with Crippen LogP contribution >= 0.6 is 0 Å². The van der Waals surface area contributed by atoms with Gasteiger partial charge in [0.25, 0.3) is 0 Å². The molecule has 0 bridgehead atoms. The predicted octanol–water partition coefficient (Wildman–Crippen LogP) is 3.50. The van der Waals surface area contributed by atoms with Gasteiger partial charge in [0, 0.05) is 12.5 Å². The zero-order valence-electron chi connectivity index (χ0n) is 17.4. The van der Waals surface area contributed by atoms with Crippen LogP contribution in [0.4, 0.5) is 0 Å². The van der Waals surface area contributed by atoms with Gasteiger partial charge in [-0.2, -0.15) is 0 Å². The lowest BCUT2D eigenvalue weighted by Gasteiger charge is -2.32. The van der Waals surface area contributed by atoms with E-state index >= 15 is 0 Å². The Hall–Kier alpha value is -2.73. The summed E-state index contributed by atoms with van der Waals surface area (Å²) >= 11 is 0. The highest BCUT2D eigenvalue weighted by atomic mass is 16.5. The van der Waals surface area contributed by atoms with E-state index in [2.05, 4.69) is 10.2 Å². The van der Waals surface area contributed by atoms with Crippen LogP contribution in [-0.2, 0) is 11.3 Å². The van der Waals surface area contributed by atoms with Gasteiger partial charge in [-0.3, -0.25) is 9.69 Å². The molecule has 0 aliphatic carbocycles. The number of phenolic OH excluding ortho intramolecular Hbond substituents is 1. The van der Waals surface area contributed by atoms with Crippen molar-refractivity contribution < 1.29 is 19.4 Å². The minimum absolute atomic E-state index is 0.0126. The van der Waals surface area contributed by atoms with Gasteiger partial charge in [0.15, 0.2) is 11.5 Å². The molecule has 1 aliphatic rings. The van der Waals surface area contributed by atoms with Gasteiger partial charge in [0.05, 0.1) is 20.3 Å². The average molecular weight is 399 g/mol. The second-order valence-electron chi connectivity index (χ2n) is 7.54. The molecule has 1 unspecified atom stereocenters. The van der Waals surface area contributed by atoms with Crippen LogP contribution in [0.5, 0.6) is 17.2 Å². The monoisotopic (exact) mass is 398 g/mol. The molecule has 0 saturated carbocycles. The van der Waals surface area contributed by atoms with Gasteiger partial charge in [0.1, 0.15) is 0 Å². The molecule has 0 spiro atoms. The number of piperidine rings is 1. The largest absolute Gasteiger partial charge is 0.502 e. The summed E-state index contributed by atoms with van der Waals surface area (Å²) in [5, 5.41) is 13.2. The molecule has 2 N–H and O–H groups in total. The molecular weight excluding hydrogens is 368 g/mol. The highest BCUT2D eigenvalue weighted by Gasteiger charge is 2.26. The fraction of sp³-hybridized carbons (Fsp3) is 0.435. The van der Waals surface area contributed by atoms with Crippen LogP contribution in [-0.4, -0.2) is 43.2 Å². The van der Waals surface area contributed by atoms with Gasteiger partial charge < -0.3 is 19.9 Å². The van der Waals surface area contributed by atoms with Crippen LogP contribution in [0.3, 0.4) is 0 Å². The molecule has 6 heteroatoms. The summed E-state index contributed by atoms with van der Waals surface area (Å²) in [6.07, 6.45) is 1.67. The zero-order valence-corrected chi connectivity index (χ0v) is 17.4. The molecule has 0 aromatic heterocycles. The van der Waals surface area contributed by atoms with E-state index in [-0.39, 0.29) is 23.6 Å². The number of amides is 1. The number of methoxy groups -OCH3 is 2. The van der Waals surface area contributed by atoms with E-state index in [1.54, 1.807) is 0 Å². The number of aromatic hydroxyl groups is 1. The number of ether oxygens (including phenoxy) is 2. The zero-order chi connectivity index (χ0) is 20.8. The molecule has 2 aromatic rings. The summed E-state index contributed by atoms with van der Waals surface area (Å²) in [5.41, 5.74) is 2.13. The summed E-state index contributed by atoms with van der Waals surface area (Å²) in [5.74, 6) is 1.00. The molecule has 2 aromatic carbocycles. The maximum Gasteiger partial charge on any atom is 0.223 e. The molecule has 3 rings (SSSR count). The van der Waals surface area contributed by atoms with Crippen molar-refractivity contribution in [3.8, 4) is 17.2 Å². The summed E-state index contributed by atoms with van der Waals surface area (Å²) in [7, 11) is 3.05. The second kappa shape index (κ2) is 9.65. The first-order chi connectivity index (χ1) is 14.0. The van der Waals surface area contributed by atoms with Crippen LogP contribution in [0.1, 0.15) is 36.9 Å². The molecule has 1 saturated heterocycles. The fourth-order valence-corrected chi connectivity index (χ4v) is 3.81. The van der Waals surface area contributed by atoms with Crippen molar-refractivity contribution in [3.63, 3.8) is 0 Å². The van der Waals surface area contributed by atoms with E-state index in [0.717, 1.165) is 43.6 Å². The van der Waals surface area contributed by atoms with Crippen molar-refractivity contribution in [3.05, 3.63) is 53.6 Å². The predicted molar refractivity (Wildman–Crippen MR) is 112 cm³/mol. The number of carbonyl (C=O) groups excluding carboxylic acids is 1. The first kappa shape index (κ1) is 21.0. The lowest BCUT2D eigenvalue weighted by atomic mass is 9.94. The lowest BCUT2D eigenvalue weighted by molar-refractivity contribution is -0.127. The Labute approximate surface area is 172 Å². The highest BCUT2D eigenvalue weighted by molar-refractivity contribution is 5.79. The number of carbonyl (C=O) groups is 1. The number of nitrogens with one attached hydrogen (secondary N) is 1. The minimum atomic E-state index is 0.0126. The van der Waals surface area contributed by atoms with Crippen LogP contribution in [0, 0.1) is 5.92 Å². The number of likely N-dealkylation sites (tertiary alicyclic amines) is 1. The average Bonchev–Trinajstić information content (AvgIpc) is 2.75. The maximum absolute atomic E-state index is 12.7. The first-order valence-electron chi connectivity index (χ1n) is 10.0. The Morgan fingerprint density at radius 2 is 1.72 bits per heavy atom. The van der Waals surface area contributed by atoms with E-state index in [1.807, 2.05) is 49.4 Å². The molecular formula is C23H30N2O4. The number of nitrogens with zero attached hydrogens (tertiary/aromatic N) is 1. The number of phenols is 1. The van der Waals surface area contributed by atoms with Gasteiger partial charge in [-0.25, -0.2) is 0 Å². The van der Waals surface area contributed by atoms with Crippen molar-refractivity contribution in [2.45, 2.75) is 32.4 Å². The van der Waals surface area contributed by atoms with Crippen LogP contribution < -0.4 is 14.8 Å². The van der Waals surface area contributed by atoms with Crippen molar-refractivity contribution in [2.75, 3.05) is 27.3 Å². The van der Waals surface area contributed by atoms with Crippen molar-refractivity contribution >= 4 is 5.91 Å². The first-order valence-corrected chi connectivity index (χ1v) is 10.0. The number of hydrogen-bond acceptors (Lipinski definition) is 5. The molecule has 29 heavy (non-hydrogen) atoms. The fourth-order valence-electron chi connectivity index (χ4n) is 3.81. The second-order valence-corrected chi connectivity index (χ2v) is 7.54. The van der Waals surface area contributed by atoms with Gasteiger partial charge in [-0.1, -0.05) is 30.3 Å². The molecule has 6 nitrogen and oxygen atoms in total. The summed E-state index contributed by atoms with van der Waals surface area (Å²) in [6.45, 7) is 4.45. The Balaban J connectivity index is 1.53. The topological polar surface area (TPSA) is 71.0 Å². The lowest BCUT2D eigenvalue weighted by Crippen LogP contribution is -2.40. The van der Waals surface area contributed by atoms with Crippen LogP contribution in [0.2, 0.25) is 0 Å². The SMILES string of the molecule is COc1cc(CN2CCC(C(=O)NC(C)c3ccccc3)CC2)cc(OC)c1O. The maximum atomic E-state index is 12.7. The van der Waals surface area contributed by atoms with Crippen molar-refractivity contribution in [1.82, 2.24) is 10.2 Å². The third-order valence-corrected chi connectivity index (χ3v) is 5.56. The molecule has 1 fully saturated rings. The molecule has 1 atom stereocenters. The van der Waals surface area contributed by atoms with Gasteiger partial charge in [-0.15, -0.1) is 0 Å². The Morgan fingerprint density at radius 1 is 1.14 bits per heavy atom. The summed E-state index contributed by atoms with van der Waals surface area (Å²) in [6, 6.07) is 13.7. The molecule has 1 amide bonds. The summed E-state index contributed by atoms with van der Waals surface area (Å²) < 4.78 is 10.5. The van der Waals surface area contributed by atoms with Gasteiger partial charge in [0.2, 0.25) is 11.7 Å². The standard InChI is InChI=1S/C23H30N2O4/c1-16(18-7-5-4-6-8-18)24-23(27)19-9-11-25(12-10-19)15-17-13-20(28-2)22(26)21(14-17)29-3/h4-8,13-14,16,19,26H,9-12,15H2,1-3H3,(H,24,27). The molecule has 156 valence electrons. The number of benzene rings is 2. The Kier molecular flexibility index (Phi) is 6.99. The Bertz CT molecular complexity index is 792. The Morgan fingerprint density at radius 3 is 2.28 bits per heavy atom.